The number of carbonyl (C=O) groups is 1. The Morgan fingerprint density at radius 2 is 1.61 bits per heavy atom. The minimum absolute atomic E-state index is 0.00733. The van der Waals surface area contributed by atoms with Crippen LogP contribution in [0.3, 0.4) is 0 Å². The summed E-state index contributed by atoms with van der Waals surface area (Å²) in [7, 11) is -3.79. The van der Waals surface area contributed by atoms with E-state index in [0.29, 0.717) is 5.56 Å². The first-order chi connectivity index (χ1) is 14.9. The summed E-state index contributed by atoms with van der Waals surface area (Å²) >= 11 is 0. The fraction of sp³-hybridized carbons (Fsp3) is 0.200. The van der Waals surface area contributed by atoms with Crippen molar-refractivity contribution in [2.45, 2.75) is 4.90 Å². The molecule has 1 saturated heterocycles. The summed E-state index contributed by atoms with van der Waals surface area (Å²) in [6.07, 6.45) is 3.48. The van der Waals surface area contributed by atoms with Crippen LogP contribution in [0.1, 0.15) is 10.4 Å². The summed E-state index contributed by atoms with van der Waals surface area (Å²) < 4.78 is 28.6. The molecule has 0 aliphatic carbocycles. The van der Waals surface area contributed by atoms with E-state index in [1.54, 1.807) is 46.2 Å². The molecule has 0 saturated carbocycles. The fourth-order valence-electron chi connectivity index (χ4n) is 3.38. The van der Waals surface area contributed by atoms with Gasteiger partial charge >= 0.3 is 0 Å². The predicted octanol–water partition coefficient (Wildman–Crippen LogP) is 1.93. The molecule has 1 aliphatic heterocycles. The number of benzene rings is 2. The average molecular weight is 441 g/mol. The number of carbonyl (C=O) groups excluding carboxylic acids is 1. The number of rotatable bonds is 5. The highest BCUT2D eigenvalue weighted by Gasteiger charge is 2.30. The molecule has 0 radical (unpaired) electrons. The molecule has 2 heterocycles. The molecule has 10 nitrogen and oxygen atoms in total. The molecule has 160 valence electrons. The SMILES string of the molecule is O=C(c1ccc(-n2cccn2)cc1)N1CCN(S(=O)(=O)c2ccc([N+](=O)[O-])cc2)CC1. The van der Waals surface area contributed by atoms with Gasteiger partial charge in [0.2, 0.25) is 10.0 Å². The maximum absolute atomic E-state index is 12.8. The molecule has 1 aliphatic rings. The van der Waals surface area contributed by atoms with E-state index in [1.807, 2.05) is 6.07 Å². The minimum Gasteiger partial charge on any atom is -0.336 e. The second-order valence-corrected chi connectivity index (χ2v) is 8.88. The van der Waals surface area contributed by atoms with E-state index in [-0.39, 0.29) is 42.7 Å². The fourth-order valence-corrected chi connectivity index (χ4v) is 4.80. The number of hydrogen-bond donors (Lipinski definition) is 0. The molecule has 0 unspecified atom stereocenters. The summed E-state index contributed by atoms with van der Waals surface area (Å²) in [5.74, 6) is -0.167. The van der Waals surface area contributed by atoms with Gasteiger partial charge in [0, 0.05) is 56.3 Å². The van der Waals surface area contributed by atoms with Crippen LogP contribution in [0.2, 0.25) is 0 Å². The van der Waals surface area contributed by atoms with E-state index < -0.39 is 14.9 Å². The molecule has 0 atom stereocenters. The van der Waals surface area contributed by atoms with Gasteiger partial charge in [-0.1, -0.05) is 0 Å². The molecule has 3 aromatic rings. The summed E-state index contributed by atoms with van der Waals surface area (Å²) in [5.41, 5.74) is 1.18. The molecule has 0 bridgehead atoms. The number of nitro groups is 1. The number of non-ortho nitro benzene ring substituents is 1. The third kappa shape index (κ3) is 4.18. The maximum Gasteiger partial charge on any atom is 0.269 e. The highest BCUT2D eigenvalue weighted by Crippen LogP contribution is 2.21. The number of nitrogens with zero attached hydrogens (tertiary/aromatic N) is 5. The van der Waals surface area contributed by atoms with E-state index in [2.05, 4.69) is 5.10 Å². The van der Waals surface area contributed by atoms with Gasteiger partial charge in [0.1, 0.15) is 0 Å². The highest BCUT2D eigenvalue weighted by atomic mass is 32.2. The summed E-state index contributed by atoms with van der Waals surface area (Å²) in [5, 5.41) is 14.9. The van der Waals surface area contributed by atoms with Crippen LogP contribution in [0, 0.1) is 10.1 Å². The molecule has 0 spiro atoms. The summed E-state index contributed by atoms with van der Waals surface area (Å²) in [4.78, 5) is 24.6. The van der Waals surface area contributed by atoms with E-state index >= 15 is 0 Å². The molecule has 11 heteroatoms. The van der Waals surface area contributed by atoms with Crippen molar-refractivity contribution in [3.63, 3.8) is 0 Å². The Morgan fingerprint density at radius 3 is 2.16 bits per heavy atom. The predicted molar refractivity (Wildman–Crippen MR) is 111 cm³/mol. The number of hydrogen-bond acceptors (Lipinski definition) is 6. The largest absolute Gasteiger partial charge is 0.336 e. The molecule has 31 heavy (non-hydrogen) atoms. The second-order valence-electron chi connectivity index (χ2n) is 6.94. The van der Waals surface area contributed by atoms with Gasteiger partial charge < -0.3 is 4.90 Å². The lowest BCUT2D eigenvalue weighted by molar-refractivity contribution is -0.384. The molecular formula is C20H19N5O5S. The summed E-state index contributed by atoms with van der Waals surface area (Å²) in [6.45, 7) is 0.810. The van der Waals surface area contributed by atoms with E-state index in [4.69, 9.17) is 0 Å². The normalized spacial score (nSPS) is 15.0. The van der Waals surface area contributed by atoms with Crippen LogP contribution >= 0.6 is 0 Å². The number of amides is 1. The van der Waals surface area contributed by atoms with E-state index in [9.17, 15) is 23.3 Å². The van der Waals surface area contributed by atoms with Crippen LogP contribution in [0.5, 0.6) is 0 Å². The van der Waals surface area contributed by atoms with Crippen LogP contribution < -0.4 is 0 Å². The van der Waals surface area contributed by atoms with Crippen molar-refractivity contribution in [1.82, 2.24) is 19.0 Å². The first kappa shape index (κ1) is 20.7. The van der Waals surface area contributed by atoms with Crippen molar-refractivity contribution in [2.24, 2.45) is 0 Å². The Bertz CT molecular complexity index is 1180. The van der Waals surface area contributed by atoms with Gasteiger partial charge in [-0.2, -0.15) is 9.40 Å². The monoisotopic (exact) mass is 441 g/mol. The minimum atomic E-state index is -3.79. The quantitative estimate of drug-likeness (QED) is 0.441. The van der Waals surface area contributed by atoms with Crippen LogP contribution in [0.25, 0.3) is 5.69 Å². The van der Waals surface area contributed by atoms with Crippen molar-refractivity contribution in [1.29, 1.82) is 0 Å². The van der Waals surface area contributed by atoms with Gasteiger partial charge in [-0.3, -0.25) is 14.9 Å². The molecule has 4 rings (SSSR count). The first-order valence-corrected chi connectivity index (χ1v) is 10.9. The maximum atomic E-state index is 12.8. The van der Waals surface area contributed by atoms with Crippen molar-refractivity contribution in [3.8, 4) is 5.69 Å². The summed E-state index contributed by atoms with van der Waals surface area (Å²) in [6, 6.07) is 13.6. The molecule has 0 N–H and O–H groups in total. The van der Waals surface area contributed by atoms with E-state index in [1.165, 1.54) is 28.6 Å². The lowest BCUT2D eigenvalue weighted by Crippen LogP contribution is -2.50. The lowest BCUT2D eigenvalue weighted by atomic mass is 10.1. The zero-order valence-electron chi connectivity index (χ0n) is 16.4. The van der Waals surface area contributed by atoms with Gasteiger partial charge in [-0.25, -0.2) is 13.1 Å². The third-order valence-corrected chi connectivity index (χ3v) is 7.01. The Hall–Kier alpha value is -3.57. The van der Waals surface area contributed by atoms with Crippen molar-refractivity contribution in [2.75, 3.05) is 26.2 Å². The van der Waals surface area contributed by atoms with Gasteiger partial charge in [0.25, 0.3) is 11.6 Å². The number of sulfonamides is 1. The standard InChI is InChI=1S/C20H19N5O5S/c26-20(16-2-4-17(5-3-16)24-11-1-10-21-24)22-12-14-23(15-13-22)31(29,30)19-8-6-18(7-9-19)25(27)28/h1-11H,12-15H2. The van der Waals surface area contributed by atoms with E-state index in [0.717, 1.165) is 5.69 Å². The van der Waals surface area contributed by atoms with Gasteiger partial charge in [-0.05, 0) is 42.5 Å². The average Bonchev–Trinajstić information content (AvgIpc) is 3.34. The van der Waals surface area contributed by atoms with Crippen LogP contribution in [-0.2, 0) is 10.0 Å². The molecular weight excluding hydrogens is 422 g/mol. The molecule has 1 aromatic heterocycles. The van der Waals surface area contributed by atoms with Crippen LogP contribution in [0.4, 0.5) is 5.69 Å². The highest BCUT2D eigenvalue weighted by molar-refractivity contribution is 7.89. The molecule has 1 amide bonds. The molecule has 1 fully saturated rings. The van der Waals surface area contributed by atoms with Crippen molar-refractivity contribution < 1.29 is 18.1 Å². The number of piperazine rings is 1. The van der Waals surface area contributed by atoms with Crippen LogP contribution in [0.15, 0.2) is 71.9 Å². The smallest absolute Gasteiger partial charge is 0.269 e. The first-order valence-electron chi connectivity index (χ1n) is 9.50. The van der Waals surface area contributed by atoms with Crippen LogP contribution in [-0.4, -0.2) is 64.4 Å². The zero-order chi connectivity index (χ0) is 22.0. The Kier molecular flexibility index (Phi) is 5.53. The second kappa shape index (κ2) is 8.28. The van der Waals surface area contributed by atoms with Gasteiger partial charge in [-0.15, -0.1) is 0 Å². The number of nitro benzene ring substituents is 1. The lowest BCUT2D eigenvalue weighted by Gasteiger charge is -2.34. The Morgan fingerprint density at radius 1 is 0.968 bits per heavy atom. The third-order valence-electron chi connectivity index (χ3n) is 5.09. The van der Waals surface area contributed by atoms with Gasteiger partial charge in [0.15, 0.2) is 0 Å². The van der Waals surface area contributed by atoms with Crippen molar-refractivity contribution in [3.05, 3.63) is 82.7 Å². The van der Waals surface area contributed by atoms with Crippen molar-refractivity contribution >= 4 is 21.6 Å². The number of aromatic nitrogens is 2. The zero-order valence-corrected chi connectivity index (χ0v) is 17.2. The molecule has 2 aromatic carbocycles. The Balaban J connectivity index is 1.40. The van der Waals surface area contributed by atoms with Gasteiger partial charge in [0.05, 0.1) is 15.5 Å². The Labute approximate surface area is 178 Å². The topological polar surface area (TPSA) is 119 Å².